The molecule has 0 fully saturated rings. The van der Waals surface area contributed by atoms with Crippen LogP contribution in [0.1, 0.15) is 11.4 Å². The first kappa shape index (κ1) is 21.4. The lowest BCUT2D eigenvalue weighted by molar-refractivity contribution is -0.144. The van der Waals surface area contributed by atoms with E-state index in [0.717, 1.165) is 0 Å². The predicted molar refractivity (Wildman–Crippen MR) is 99.9 cm³/mol. The van der Waals surface area contributed by atoms with Gasteiger partial charge in [0.1, 0.15) is 16.5 Å². The van der Waals surface area contributed by atoms with E-state index in [2.05, 4.69) is 25.9 Å². The van der Waals surface area contributed by atoms with Gasteiger partial charge < -0.3 is 4.98 Å². The second-order valence-corrected chi connectivity index (χ2v) is 9.14. The quantitative estimate of drug-likeness (QED) is 0.488. The molecule has 3 rings (SSSR count). The second-order valence-electron chi connectivity index (χ2n) is 6.31. The molecule has 0 radical (unpaired) electrons. The van der Waals surface area contributed by atoms with Crippen molar-refractivity contribution in [2.45, 2.75) is 18.0 Å². The minimum Gasteiger partial charge on any atom is -0.334 e. The number of nitrogens with one attached hydrogen (secondary N) is 1. The van der Waals surface area contributed by atoms with Crippen LogP contribution in [0.15, 0.2) is 39.7 Å². The molecule has 29 heavy (non-hydrogen) atoms. The van der Waals surface area contributed by atoms with E-state index in [1.807, 2.05) is 0 Å². The Morgan fingerprint density at radius 3 is 2.28 bits per heavy atom. The third kappa shape index (κ3) is 4.20. The van der Waals surface area contributed by atoms with Crippen molar-refractivity contribution in [1.29, 1.82) is 0 Å². The summed E-state index contributed by atoms with van der Waals surface area (Å²) >= 11 is 3.28. The predicted octanol–water partition coefficient (Wildman–Crippen LogP) is 5.52. The Kier molecular flexibility index (Phi) is 5.33. The van der Waals surface area contributed by atoms with Crippen LogP contribution in [0, 0.1) is 18.6 Å². The van der Waals surface area contributed by atoms with Crippen LogP contribution in [-0.2, 0) is 16.0 Å². The number of hydrogen-bond acceptors (Lipinski definition) is 3. The van der Waals surface area contributed by atoms with E-state index < -0.39 is 49.6 Å². The molecule has 1 heterocycles. The van der Waals surface area contributed by atoms with Crippen LogP contribution in [0.4, 0.5) is 22.0 Å². The first-order chi connectivity index (χ1) is 13.3. The van der Waals surface area contributed by atoms with Gasteiger partial charge in [-0.2, -0.15) is 13.2 Å². The molecule has 0 bridgehead atoms. The number of hydrogen-bond donors (Lipinski definition) is 1. The average Bonchev–Trinajstić information content (AvgIpc) is 3.03. The summed E-state index contributed by atoms with van der Waals surface area (Å²) in [6.07, 6.45) is -4.17. The van der Waals surface area contributed by atoms with Crippen LogP contribution in [0.2, 0.25) is 0 Å². The molecule has 3 aromatic rings. The highest BCUT2D eigenvalue weighted by atomic mass is 79.9. The molecule has 0 aliphatic carbocycles. The standard InChI is InChI=1S/C18H12BrF5N2O2S/c1-8-5-9(3-4-11(8)19)15-16(26-17(25-15)18(22,23)24)10-6-13(21)14(7-12(10)20)29(2,27)28/h3-7H,1-2H3,(H,25,26). The first-order valence-corrected chi connectivity index (χ1v) is 10.6. The zero-order valence-corrected chi connectivity index (χ0v) is 17.2. The van der Waals surface area contributed by atoms with Gasteiger partial charge in [-0.25, -0.2) is 22.2 Å². The summed E-state index contributed by atoms with van der Waals surface area (Å²) in [7, 11) is -4.07. The summed E-state index contributed by atoms with van der Waals surface area (Å²) in [5, 5.41) is 0. The van der Waals surface area contributed by atoms with Gasteiger partial charge in [0.2, 0.25) is 5.82 Å². The number of H-pyrrole nitrogens is 1. The SMILES string of the molecule is Cc1cc(-c2[nH]c(C(F)(F)F)nc2-c2cc(F)c(S(C)(=O)=O)cc2F)ccc1Br. The molecule has 4 nitrogen and oxygen atoms in total. The van der Waals surface area contributed by atoms with Crippen LogP contribution >= 0.6 is 15.9 Å². The number of sulfone groups is 1. The van der Waals surface area contributed by atoms with Crippen molar-refractivity contribution >= 4 is 25.8 Å². The highest BCUT2D eigenvalue weighted by molar-refractivity contribution is 9.10. The lowest BCUT2D eigenvalue weighted by atomic mass is 10.0. The lowest BCUT2D eigenvalue weighted by Gasteiger charge is -2.08. The molecule has 11 heteroatoms. The van der Waals surface area contributed by atoms with Gasteiger partial charge >= 0.3 is 6.18 Å². The van der Waals surface area contributed by atoms with Gasteiger partial charge in [-0.15, -0.1) is 0 Å². The van der Waals surface area contributed by atoms with Crippen molar-refractivity contribution in [3.63, 3.8) is 0 Å². The van der Waals surface area contributed by atoms with Crippen LogP contribution in [0.3, 0.4) is 0 Å². The molecular weight excluding hydrogens is 483 g/mol. The van der Waals surface area contributed by atoms with Crippen LogP contribution < -0.4 is 0 Å². The Bertz CT molecular complexity index is 1220. The Morgan fingerprint density at radius 1 is 1.07 bits per heavy atom. The number of rotatable bonds is 3. The number of aromatic nitrogens is 2. The van der Waals surface area contributed by atoms with Crippen LogP contribution in [0.5, 0.6) is 0 Å². The van der Waals surface area contributed by atoms with Gasteiger partial charge in [0.05, 0.1) is 11.4 Å². The number of nitrogens with zero attached hydrogens (tertiary/aromatic N) is 1. The van der Waals surface area contributed by atoms with E-state index in [1.54, 1.807) is 19.1 Å². The summed E-state index contributed by atoms with van der Waals surface area (Å²) < 4.78 is 92.4. The smallest absolute Gasteiger partial charge is 0.334 e. The van der Waals surface area contributed by atoms with Crippen molar-refractivity contribution < 1.29 is 30.4 Å². The Hall–Kier alpha value is -2.27. The van der Waals surface area contributed by atoms with Gasteiger partial charge in [-0.05, 0) is 36.8 Å². The number of alkyl halides is 3. The van der Waals surface area contributed by atoms with Crippen molar-refractivity contribution in [3.05, 3.63) is 57.8 Å². The van der Waals surface area contributed by atoms with Crippen molar-refractivity contribution in [1.82, 2.24) is 9.97 Å². The molecule has 0 saturated heterocycles. The number of aryl methyl sites for hydroxylation is 1. The normalized spacial score (nSPS) is 12.4. The van der Waals surface area contributed by atoms with E-state index in [4.69, 9.17) is 0 Å². The summed E-state index contributed by atoms with van der Waals surface area (Å²) in [4.78, 5) is 4.64. The fraction of sp³-hybridized carbons (Fsp3) is 0.167. The number of aromatic amines is 1. The Morgan fingerprint density at radius 2 is 1.72 bits per heavy atom. The molecule has 2 aromatic carbocycles. The molecule has 1 N–H and O–H groups in total. The Balaban J connectivity index is 2.30. The molecule has 0 unspecified atom stereocenters. The highest BCUT2D eigenvalue weighted by Crippen LogP contribution is 2.38. The largest absolute Gasteiger partial charge is 0.449 e. The van der Waals surface area contributed by atoms with E-state index in [-0.39, 0.29) is 11.3 Å². The minimum atomic E-state index is -4.86. The average molecular weight is 495 g/mol. The summed E-state index contributed by atoms with van der Waals surface area (Å²) in [6, 6.07) is 5.57. The highest BCUT2D eigenvalue weighted by Gasteiger charge is 2.36. The van der Waals surface area contributed by atoms with Gasteiger partial charge in [0.25, 0.3) is 0 Å². The third-order valence-electron chi connectivity index (χ3n) is 4.10. The van der Waals surface area contributed by atoms with Gasteiger partial charge in [0.15, 0.2) is 9.84 Å². The maximum absolute atomic E-state index is 14.6. The van der Waals surface area contributed by atoms with Gasteiger partial charge in [0, 0.05) is 21.9 Å². The van der Waals surface area contributed by atoms with Gasteiger partial charge in [-0.3, -0.25) is 0 Å². The molecule has 154 valence electrons. The van der Waals surface area contributed by atoms with E-state index in [9.17, 15) is 30.4 Å². The maximum Gasteiger partial charge on any atom is 0.449 e. The van der Waals surface area contributed by atoms with Crippen molar-refractivity contribution in [2.24, 2.45) is 0 Å². The topological polar surface area (TPSA) is 62.8 Å². The number of benzene rings is 2. The van der Waals surface area contributed by atoms with Crippen LogP contribution in [-0.4, -0.2) is 24.6 Å². The molecule has 0 amide bonds. The molecule has 1 aromatic heterocycles. The monoisotopic (exact) mass is 494 g/mol. The molecule has 0 spiro atoms. The zero-order chi connectivity index (χ0) is 21.7. The number of imidazole rings is 1. The molecule has 0 aliphatic rings. The summed E-state index contributed by atoms with van der Waals surface area (Å²) in [6.45, 7) is 1.70. The van der Waals surface area contributed by atoms with E-state index >= 15 is 0 Å². The first-order valence-electron chi connectivity index (χ1n) is 7.92. The van der Waals surface area contributed by atoms with Crippen molar-refractivity contribution in [2.75, 3.05) is 6.26 Å². The maximum atomic E-state index is 14.6. The third-order valence-corrected chi connectivity index (χ3v) is 6.10. The van der Waals surface area contributed by atoms with Crippen molar-refractivity contribution in [3.8, 4) is 22.5 Å². The Labute approximate surface area is 170 Å². The molecular formula is C18H12BrF5N2O2S. The number of halogens is 6. The fourth-order valence-corrected chi connectivity index (χ4v) is 3.68. The fourth-order valence-electron chi connectivity index (χ4n) is 2.71. The molecule has 0 atom stereocenters. The van der Waals surface area contributed by atoms with Crippen LogP contribution in [0.25, 0.3) is 22.5 Å². The second kappa shape index (κ2) is 7.21. The van der Waals surface area contributed by atoms with E-state index in [0.29, 0.717) is 28.4 Å². The summed E-state index contributed by atoms with van der Waals surface area (Å²) in [5.74, 6) is -3.91. The summed E-state index contributed by atoms with van der Waals surface area (Å²) in [5.41, 5.74) is -0.322. The zero-order valence-electron chi connectivity index (χ0n) is 14.8. The molecule has 0 aliphatic heterocycles. The van der Waals surface area contributed by atoms with E-state index in [1.165, 1.54) is 6.07 Å². The van der Waals surface area contributed by atoms with Gasteiger partial charge in [-0.1, -0.05) is 22.0 Å². The lowest BCUT2D eigenvalue weighted by Crippen LogP contribution is -2.07. The molecule has 0 saturated carbocycles. The minimum absolute atomic E-state index is 0.182.